The third-order valence-electron chi connectivity index (χ3n) is 5.53. The maximum atomic E-state index is 14.0. The van der Waals surface area contributed by atoms with Crippen molar-refractivity contribution in [3.8, 4) is 5.69 Å². The number of carbonyl (C=O) groups excluding carboxylic acids is 1. The van der Waals surface area contributed by atoms with Crippen LogP contribution in [0.15, 0.2) is 59.4 Å². The van der Waals surface area contributed by atoms with Crippen LogP contribution < -0.4 is 11.0 Å². The van der Waals surface area contributed by atoms with Crippen LogP contribution in [0.2, 0.25) is 15.1 Å². The molecule has 0 spiro atoms. The number of halogens is 4. The minimum absolute atomic E-state index is 0.0840. The maximum absolute atomic E-state index is 14.0. The Kier molecular flexibility index (Phi) is 6.89. The Hall–Kier alpha value is -3.33. The molecule has 35 heavy (non-hydrogen) atoms. The normalized spacial score (nSPS) is 12.0. The fraction of sp³-hybridized carbons (Fsp3) is 0.125. The molecule has 0 aliphatic heterocycles. The van der Waals surface area contributed by atoms with Gasteiger partial charge in [0, 0.05) is 13.5 Å². The largest absolute Gasteiger partial charge is 0.480 e. The first-order chi connectivity index (χ1) is 16.6. The number of nitrogens with zero attached hydrogens (tertiary/aromatic N) is 2. The summed E-state index contributed by atoms with van der Waals surface area (Å²) in [5.74, 6) is -3.09. The molecule has 1 unspecified atom stereocenters. The molecule has 0 saturated heterocycles. The second-order valence-electron chi connectivity index (χ2n) is 7.76. The third kappa shape index (κ3) is 4.77. The maximum Gasteiger partial charge on any atom is 0.333 e. The number of aryl methyl sites for hydroxylation is 1. The van der Waals surface area contributed by atoms with Crippen molar-refractivity contribution >= 4 is 57.7 Å². The SMILES string of the molecule is Cn1c(=O)n(-c2ccc(CC(NC(=O)c3c(F)cccc3Cl)C(=O)O)cc2)c2cc(Cl)c(Cl)cc21. The van der Waals surface area contributed by atoms with E-state index in [1.807, 2.05) is 0 Å². The number of nitrogens with one attached hydrogen (secondary N) is 1. The molecule has 0 radical (unpaired) electrons. The smallest absolute Gasteiger partial charge is 0.333 e. The number of aromatic nitrogens is 2. The number of aliphatic carboxylic acids is 1. The van der Waals surface area contributed by atoms with E-state index in [0.29, 0.717) is 32.3 Å². The molecule has 1 atom stereocenters. The summed E-state index contributed by atoms with van der Waals surface area (Å²) >= 11 is 18.1. The van der Waals surface area contributed by atoms with Gasteiger partial charge in [0.05, 0.1) is 37.4 Å². The molecule has 4 rings (SSSR count). The molecule has 0 bridgehead atoms. The summed E-state index contributed by atoms with van der Waals surface area (Å²) in [4.78, 5) is 37.1. The Morgan fingerprint density at radius 1 is 1.00 bits per heavy atom. The van der Waals surface area contributed by atoms with Crippen molar-refractivity contribution in [1.82, 2.24) is 14.5 Å². The number of hydrogen-bond acceptors (Lipinski definition) is 3. The summed E-state index contributed by atoms with van der Waals surface area (Å²) < 4.78 is 16.9. The molecule has 2 N–H and O–H groups in total. The molecule has 4 aromatic rings. The number of rotatable bonds is 6. The average molecular weight is 537 g/mol. The van der Waals surface area contributed by atoms with Crippen molar-refractivity contribution in [2.45, 2.75) is 12.5 Å². The molecule has 1 aromatic heterocycles. The van der Waals surface area contributed by atoms with Crippen LogP contribution in [0.25, 0.3) is 16.7 Å². The molecule has 180 valence electrons. The highest BCUT2D eigenvalue weighted by Gasteiger charge is 2.24. The van der Waals surface area contributed by atoms with Gasteiger partial charge < -0.3 is 10.4 Å². The lowest BCUT2D eigenvalue weighted by molar-refractivity contribution is -0.139. The Labute approximate surface area is 213 Å². The highest BCUT2D eigenvalue weighted by molar-refractivity contribution is 6.42. The van der Waals surface area contributed by atoms with E-state index in [9.17, 15) is 23.9 Å². The van der Waals surface area contributed by atoms with Crippen molar-refractivity contribution < 1.29 is 19.1 Å². The minimum Gasteiger partial charge on any atom is -0.480 e. The van der Waals surface area contributed by atoms with Crippen LogP contribution in [0.3, 0.4) is 0 Å². The summed E-state index contributed by atoms with van der Waals surface area (Å²) in [7, 11) is 1.61. The first-order valence-electron chi connectivity index (χ1n) is 10.2. The molecule has 11 heteroatoms. The second-order valence-corrected chi connectivity index (χ2v) is 8.99. The highest BCUT2D eigenvalue weighted by Crippen LogP contribution is 2.28. The van der Waals surface area contributed by atoms with E-state index in [2.05, 4.69) is 5.32 Å². The van der Waals surface area contributed by atoms with E-state index in [4.69, 9.17) is 34.8 Å². The molecule has 0 fully saturated rings. The Bertz CT molecular complexity index is 1510. The predicted molar refractivity (Wildman–Crippen MR) is 133 cm³/mol. The van der Waals surface area contributed by atoms with Gasteiger partial charge in [-0.15, -0.1) is 0 Å². The molecular weight excluding hydrogens is 520 g/mol. The van der Waals surface area contributed by atoms with Gasteiger partial charge in [0.15, 0.2) is 0 Å². The lowest BCUT2D eigenvalue weighted by Crippen LogP contribution is -2.42. The zero-order valence-corrected chi connectivity index (χ0v) is 20.3. The fourth-order valence-electron chi connectivity index (χ4n) is 3.74. The molecule has 1 amide bonds. The van der Waals surface area contributed by atoms with Gasteiger partial charge in [-0.3, -0.25) is 13.9 Å². The quantitative estimate of drug-likeness (QED) is 0.368. The molecule has 0 saturated carbocycles. The third-order valence-corrected chi connectivity index (χ3v) is 6.56. The first-order valence-corrected chi connectivity index (χ1v) is 11.4. The molecule has 0 aliphatic carbocycles. The summed E-state index contributed by atoms with van der Waals surface area (Å²) in [6, 6.07) is 12.2. The monoisotopic (exact) mass is 535 g/mol. The van der Waals surface area contributed by atoms with E-state index in [0.717, 1.165) is 6.07 Å². The molecule has 1 heterocycles. The van der Waals surface area contributed by atoms with Gasteiger partial charge >= 0.3 is 11.7 Å². The lowest BCUT2D eigenvalue weighted by atomic mass is 10.0. The number of amides is 1. The molecule has 0 aliphatic rings. The topological polar surface area (TPSA) is 93.3 Å². The summed E-state index contributed by atoms with van der Waals surface area (Å²) in [5, 5.41) is 12.4. The van der Waals surface area contributed by atoms with Crippen LogP contribution >= 0.6 is 34.8 Å². The Morgan fingerprint density at radius 2 is 1.63 bits per heavy atom. The van der Waals surface area contributed by atoms with Gasteiger partial charge in [-0.25, -0.2) is 14.0 Å². The van der Waals surface area contributed by atoms with Gasteiger partial charge in [0.1, 0.15) is 11.9 Å². The number of benzene rings is 3. The average Bonchev–Trinajstić information content (AvgIpc) is 3.03. The zero-order valence-electron chi connectivity index (χ0n) is 18.1. The number of fused-ring (bicyclic) bond motifs is 1. The van der Waals surface area contributed by atoms with Crippen LogP contribution in [-0.4, -0.2) is 32.2 Å². The number of imidazole rings is 1. The van der Waals surface area contributed by atoms with Crippen LogP contribution in [-0.2, 0) is 18.3 Å². The van der Waals surface area contributed by atoms with Gasteiger partial charge in [-0.2, -0.15) is 0 Å². The van der Waals surface area contributed by atoms with Gasteiger partial charge in [-0.1, -0.05) is 53.0 Å². The molecule has 3 aromatic carbocycles. The number of carboxylic acid groups (broad SMARTS) is 1. The van der Waals surface area contributed by atoms with Crippen LogP contribution in [0.1, 0.15) is 15.9 Å². The van der Waals surface area contributed by atoms with Crippen LogP contribution in [0.5, 0.6) is 0 Å². The number of carbonyl (C=O) groups is 2. The Morgan fingerprint density at radius 3 is 2.23 bits per heavy atom. The van der Waals surface area contributed by atoms with Gasteiger partial charge in [0.25, 0.3) is 5.91 Å². The van der Waals surface area contributed by atoms with E-state index < -0.39 is 29.3 Å². The lowest BCUT2D eigenvalue weighted by Gasteiger charge is -2.16. The second kappa shape index (κ2) is 9.73. The molecule has 7 nitrogen and oxygen atoms in total. The number of hydrogen-bond donors (Lipinski definition) is 2. The fourth-order valence-corrected chi connectivity index (χ4v) is 4.31. The first kappa shape index (κ1) is 24.8. The van der Waals surface area contributed by atoms with Gasteiger partial charge in [0.2, 0.25) is 0 Å². The van der Waals surface area contributed by atoms with Crippen molar-refractivity contribution in [3.05, 3.63) is 97.1 Å². The van der Waals surface area contributed by atoms with Crippen molar-refractivity contribution in [2.24, 2.45) is 7.05 Å². The summed E-state index contributed by atoms with van der Waals surface area (Å²) in [6.07, 6.45) is -0.0840. The Balaban J connectivity index is 1.61. The summed E-state index contributed by atoms with van der Waals surface area (Å²) in [5.41, 5.74) is 1.49. The van der Waals surface area contributed by atoms with Crippen LogP contribution in [0, 0.1) is 5.82 Å². The van der Waals surface area contributed by atoms with Gasteiger partial charge in [-0.05, 0) is 42.0 Å². The standard InChI is InChI=1S/C24H17Cl3FN3O4/c1-30-19-10-15(26)16(27)11-20(19)31(24(30)35)13-7-5-12(6-8-13)9-18(23(33)34)29-22(32)21-14(25)3-2-4-17(21)28/h2-8,10-11,18H,9H2,1H3,(H,29,32)(H,33,34). The minimum atomic E-state index is -1.34. The highest BCUT2D eigenvalue weighted by atomic mass is 35.5. The van der Waals surface area contributed by atoms with E-state index in [1.165, 1.54) is 21.3 Å². The van der Waals surface area contributed by atoms with E-state index in [-0.39, 0.29) is 17.1 Å². The van der Waals surface area contributed by atoms with Crippen molar-refractivity contribution in [3.63, 3.8) is 0 Å². The summed E-state index contributed by atoms with van der Waals surface area (Å²) in [6.45, 7) is 0. The molecular formula is C24H17Cl3FN3O4. The number of carboxylic acids is 1. The van der Waals surface area contributed by atoms with E-state index >= 15 is 0 Å². The zero-order chi connectivity index (χ0) is 25.4. The van der Waals surface area contributed by atoms with Crippen LogP contribution in [0.4, 0.5) is 4.39 Å². The van der Waals surface area contributed by atoms with Crippen molar-refractivity contribution in [1.29, 1.82) is 0 Å². The van der Waals surface area contributed by atoms with E-state index in [1.54, 1.807) is 43.4 Å². The predicted octanol–water partition coefficient (Wildman–Crippen LogP) is 4.85. The van der Waals surface area contributed by atoms with Crippen molar-refractivity contribution in [2.75, 3.05) is 0 Å².